The maximum atomic E-state index is 4.50. The van der Waals surface area contributed by atoms with Crippen molar-refractivity contribution in [3.8, 4) is 0 Å². The summed E-state index contributed by atoms with van der Waals surface area (Å²) >= 11 is 5.33. The van der Waals surface area contributed by atoms with Gasteiger partial charge in [-0.05, 0) is 32.9 Å². The fourth-order valence-corrected chi connectivity index (χ4v) is 3.93. The minimum Gasteiger partial charge on any atom is -0.362 e. The monoisotopic (exact) mass is 361 g/mol. The van der Waals surface area contributed by atoms with Crippen LogP contribution in [0, 0.1) is 13.8 Å². The van der Waals surface area contributed by atoms with Crippen LogP contribution >= 0.6 is 27.3 Å². The zero-order valence-corrected chi connectivity index (χ0v) is 14.5. The number of fused-ring (bicyclic) bond motifs is 1. The van der Waals surface area contributed by atoms with Crippen LogP contribution in [0.15, 0.2) is 34.9 Å². The van der Waals surface area contributed by atoms with E-state index < -0.39 is 0 Å². The lowest BCUT2D eigenvalue weighted by Crippen LogP contribution is -2.08. The minimum absolute atomic E-state index is 0.188. The van der Waals surface area contributed by atoms with Gasteiger partial charge in [0.15, 0.2) is 0 Å². The van der Waals surface area contributed by atoms with E-state index in [2.05, 4.69) is 51.1 Å². The van der Waals surface area contributed by atoms with Crippen molar-refractivity contribution < 1.29 is 0 Å². The smallest absolute Gasteiger partial charge is 0.134 e. The molecule has 0 amide bonds. The molecule has 21 heavy (non-hydrogen) atoms. The summed E-state index contributed by atoms with van der Waals surface area (Å²) < 4.78 is 1.09. The highest BCUT2D eigenvalue weighted by Gasteiger charge is 2.14. The molecule has 1 atom stereocenters. The van der Waals surface area contributed by atoms with Gasteiger partial charge in [-0.1, -0.05) is 28.1 Å². The van der Waals surface area contributed by atoms with E-state index in [4.69, 9.17) is 0 Å². The van der Waals surface area contributed by atoms with E-state index >= 15 is 0 Å². The number of nitrogens with zero attached hydrogens (tertiary/aromatic N) is 2. The molecule has 2 aromatic heterocycles. The topological polar surface area (TPSA) is 37.8 Å². The average Bonchev–Trinajstić information content (AvgIpc) is 2.79. The first kappa shape index (κ1) is 14.5. The Morgan fingerprint density at radius 3 is 2.71 bits per heavy atom. The van der Waals surface area contributed by atoms with Crippen molar-refractivity contribution in [2.45, 2.75) is 26.8 Å². The second-order valence-corrected chi connectivity index (χ2v) is 7.13. The molecule has 1 unspecified atom stereocenters. The van der Waals surface area contributed by atoms with Crippen LogP contribution in [0.25, 0.3) is 10.8 Å². The molecular formula is C16H16BrN3S. The van der Waals surface area contributed by atoms with Crippen molar-refractivity contribution in [3.05, 3.63) is 50.5 Å². The van der Waals surface area contributed by atoms with Gasteiger partial charge < -0.3 is 5.32 Å². The predicted octanol–water partition coefficient (Wildman–Crippen LogP) is 5.24. The van der Waals surface area contributed by atoms with Gasteiger partial charge in [0, 0.05) is 26.3 Å². The molecule has 1 N–H and O–H groups in total. The molecule has 3 rings (SSSR count). The van der Waals surface area contributed by atoms with E-state index in [1.807, 2.05) is 31.3 Å². The maximum Gasteiger partial charge on any atom is 0.134 e. The van der Waals surface area contributed by atoms with Crippen LogP contribution in [0.4, 0.5) is 5.82 Å². The SMILES string of the molecule is Cc1nc(C)c(C(C)Nc2nccc3c(Br)cccc23)s1. The number of nitrogens with one attached hydrogen (secondary N) is 1. The van der Waals surface area contributed by atoms with Crippen LogP contribution in [0.3, 0.4) is 0 Å². The normalized spacial score (nSPS) is 12.6. The molecule has 5 heteroatoms. The van der Waals surface area contributed by atoms with E-state index in [-0.39, 0.29) is 6.04 Å². The molecule has 0 aliphatic carbocycles. The Hall–Kier alpha value is -1.46. The summed E-state index contributed by atoms with van der Waals surface area (Å²) in [5.41, 5.74) is 1.10. The van der Waals surface area contributed by atoms with Gasteiger partial charge in [0.05, 0.1) is 16.7 Å². The first-order chi connectivity index (χ1) is 10.1. The fraction of sp³-hybridized carbons (Fsp3) is 0.250. The molecule has 1 aromatic carbocycles. The number of hydrogen-bond donors (Lipinski definition) is 1. The van der Waals surface area contributed by atoms with Crippen LogP contribution < -0.4 is 5.32 Å². The quantitative estimate of drug-likeness (QED) is 0.692. The number of pyridine rings is 1. The van der Waals surface area contributed by atoms with Crippen molar-refractivity contribution in [1.82, 2.24) is 9.97 Å². The molecule has 3 aromatic rings. The summed E-state index contributed by atoms with van der Waals surface area (Å²) in [6, 6.07) is 8.39. The molecular weight excluding hydrogens is 346 g/mol. The number of benzene rings is 1. The molecule has 3 nitrogen and oxygen atoms in total. The zero-order chi connectivity index (χ0) is 15.0. The number of aromatic nitrogens is 2. The van der Waals surface area contributed by atoms with Crippen molar-refractivity contribution >= 4 is 43.9 Å². The van der Waals surface area contributed by atoms with E-state index in [1.54, 1.807) is 11.3 Å². The number of aryl methyl sites for hydroxylation is 2. The Morgan fingerprint density at radius 2 is 2.00 bits per heavy atom. The Kier molecular flexibility index (Phi) is 3.95. The van der Waals surface area contributed by atoms with E-state index in [1.165, 1.54) is 10.3 Å². The van der Waals surface area contributed by atoms with Crippen LogP contribution in [0.1, 0.15) is 28.5 Å². The molecule has 0 radical (unpaired) electrons. The minimum atomic E-state index is 0.188. The van der Waals surface area contributed by atoms with Crippen molar-refractivity contribution in [3.63, 3.8) is 0 Å². The van der Waals surface area contributed by atoms with Crippen molar-refractivity contribution in [2.75, 3.05) is 5.32 Å². The summed E-state index contributed by atoms with van der Waals surface area (Å²) in [5.74, 6) is 0.909. The number of halogens is 1. The van der Waals surface area contributed by atoms with Crippen LogP contribution in [0.5, 0.6) is 0 Å². The van der Waals surface area contributed by atoms with Crippen molar-refractivity contribution in [1.29, 1.82) is 0 Å². The number of hydrogen-bond acceptors (Lipinski definition) is 4. The van der Waals surface area contributed by atoms with Crippen LogP contribution in [-0.2, 0) is 0 Å². The number of anilines is 1. The first-order valence-electron chi connectivity index (χ1n) is 6.80. The summed E-state index contributed by atoms with van der Waals surface area (Å²) in [6.07, 6.45) is 1.84. The van der Waals surface area contributed by atoms with Gasteiger partial charge in [-0.15, -0.1) is 11.3 Å². The summed E-state index contributed by atoms with van der Waals surface area (Å²) in [4.78, 5) is 10.3. The second-order valence-electron chi connectivity index (χ2n) is 5.04. The Balaban J connectivity index is 1.98. The highest BCUT2D eigenvalue weighted by atomic mass is 79.9. The third kappa shape index (κ3) is 2.80. The molecule has 0 fully saturated rings. The van der Waals surface area contributed by atoms with Gasteiger partial charge in [0.1, 0.15) is 5.82 Å². The molecule has 2 heterocycles. The Morgan fingerprint density at radius 1 is 1.19 bits per heavy atom. The Labute approximate surface area is 136 Å². The van der Waals surface area contributed by atoms with Crippen molar-refractivity contribution in [2.24, 2.45) is 0 Å². The lowest BCUT2D eigenvalue weighted by atomic mass is 10.1. The average molecular weight is 362 g/mol. The van der Waals surface area contributed by atoms with Gasteiger partial charge >= 0.3 is 0 Å². The number of thiazole rings is 1. The van der Waals surface area contributed by atoms with E-state index in [0.29, 0.717) is 0 Å². The van der Waals surface area contributed by atoms with Gasteiger partial charge in [-0.3, -0.25) is 0 Å². The van der Waals surface area contributed by atoms with Gasteiger partial charge in [-0.25, -0.2) is 9.97 Å². The molecule has 0 bridgehead atoms. The predicted molar refractivity (Wildman–Crippen MR) is 93.1 cm³/mol. The zero-order valence-electron chi connectivity index (χ0n) is 12.1. The fourth-order valence-electron chi connectivity index (χ4n) is 2.50. The molecule has 0 saturated carbocycles. The number of rotatable bonds is 3. The lowest BCUT2D eigenvalue weighted by Gasteiger charge is -2.15. The first-order valence-corrected chi connectivity index (χ1v) is 8.41. The molecule has 108 valence electrons. The van der Waals surface area contributed by atoms with E-state index in [9.17, 15) is 0 Å². The van der Waals surface area contributed by atoms with Crippen LogP contribution in [-0.4, -0.2) is 9.97 Å². The molecule has 0 aliphatic heterocycles. The summed E-state index contributed by atoms with van der Waals surface area (Å²) in [7, 11) is 0. The largest absolute Gasteiger partial charge is 0.362 e. The van der Waals surface area contributed by atoms with E-state index in [0.717, 1.165) is 26.4 Å². The highest BCUT2D eigenvalue weighted by Crippen LogP contribution is 2.31. The highest BCUT2D eigenvalue weighted by molar-refractivity contribution is 9.10. The molecule has 0 saturated heterocycles. The molecule has 0 spiro atoms. The molecule has 0 aliphatic rings. The summed E-state index contributed by atoms with van der Waals surface area (Å²) in [5, 5.41) is 6.91. The third-order valence-corrected chi connectivity index (χ3v) is 5.39. The van der Waals surface area contributed by atoms with Gasteiger partial charge in [-0.2, -0.15) is 0 Å². The summed E-state index contributed by atoms with van der Waals surface area (Å²) in [6.45, 7) is 6.25. The Bertz CT molecular complexity index is 797. The van der Waals surface area contributed by atoms with Gasteiger partial charge in [0.2, 0.25) is 0 Å². The van der Waals surface area contributed by atoms with Gasteiger partial charge in [0.25, 0.3) is 0 Å². The second kappa shape index (κ2) is 5.73. The third-order valence-electron chi connectivity index (χ3n) is 3.44. The van der Waals surface area contributed by atoms with Crippen LogP contribution in [0.2, 0.25) is 0 Å². The standard InChI is InChI=1S/C16H16BrN3S/c1-9-15(21-11(3)19-9)10(2)20-16-13-5-4-6-14(17)12(13)7-8-18-16/h4-8,10H,1-3H3,(H,18,20). The maximum absolute atomic E-state index is 4.50. The lowest BCUT2D eigenvalue weighted by molar-refractivity contribution is 0.882.